The molecule has 31 heavy (non-hydrogen) atoms. The number of rotatable bonds is 3. The summed E-state index contributed by atoms with van der Waals surface area (Å²) in [7, 11) is 0. The average Bonchev–Trinajstić information content (AvgIpc) is 2.89. The van der Waals surface area contributed by atoms with E-state index in [4.69, 9.17) is 0 Å². The van der Waals surface area contributed by atoms with E-state index in [0.29, 0.717) is 5.56 Å². The van der Waals surface area contributed by atoms with Gasteiger partial charge in [-0.3, -0.25) is 14.8 Å². The molecule has 3 aromatic rings. The molecule has 0 fully saturated rings. The molecule has 1 atom stereocenters. The Morgan fingerprint density at radius 2 is 1.55 bits per heavy atom. The normalized spacial score (nSPS) is 14.2. The van der Waals surface area contributed by atoms with Crippen molar-refractivity contribution >= 4 is 11.0 Å². The van der Waals surface area contributed by atoms with Crippen molar-refractivity contribution in [1.29, 1.82) is 0 Å². The van der Waals surface area contributed by atoms with Crippen LogP contribution < -0.4 is 11.2 Å². The van der Waals surface area contributed by atoms with Gasteiger partial charge in [0.1, 0.15) is 11.0 Å². The van der Waals surface area contributed by atoms with E-state index in [9.17, 15) is 35.9 Å². The lowest BCUT2D eigenvalue weighted by Crippen LogP contribution is -2.29. The van der Waals surface area contributed by atoms with Gasteiger partial charge in [-0.25, -0.2) is 9.48 Å². The van der Waals surface area contributed by atoms with Gasteiger partial charge in [-0.2, -0.15) is 31.4 Å². The lowest BCUT2D eigenvalue weighted by Gasteiger charge is -2.32. The number of H-pyrrole nitrogens is 2. The van der Waals surface area contributed by atoms with E-state index < -0.39 is 58.1 Å². The molecule has 2 N–H and O–H groups in total. The van der Waals surface area contributed by atoms with Crippen molar-refractivity contribution in [3.05, 3.63) is 61.9 Å². The summed E-state index contributed by atoms with van der Waals surface area (Å²) in [5.74, 6) is 0. The van der Waals surface area contributed by atoms with Gasteiger partial charge in [0.15, 0.2) is 0 Å². The molecule has 0 aliphatic rings. The van der Waals surface area contributed by atoms with Gasteiger partial charge in [-0.05, 0) is 23.1 Å². The molecule has 0 unspecified atom stereocenters. The largest absolute Gasteiger partial charge is 0.416 e. The number of aromatic nitrogens is 4. The van der Waals surface area contributed by atoms with Crippen LogP contribution in [0.1, 0.15) is 43.6 Å². The van der Waals surface area contributed by atoms with Gasteiger partial charge in [0, 0.05) is 0 Å². The second-order valence-corrected chi connectivity index (χ2v) is 8.20. The minimum atomic E-state index is -4.68. The Hall–Kier alpha value is -3.05. The van der Waals surface area contributed by atoms with Gasteiger partial charge in [0.25, 0.3) is 5.56 Å². The first kappa shape index (κ1) is 22.6. The third kappa shape index (κ3) is 4.67. The fourth-order valence-corrected chi connectivity index (χ4v) is 3.51. The Bertz CT molecular complexity index is 1210. The predicted molar refractivity (Wildman–Crippen MR) is 99.8 cm³/mol. The Balaban J connectivity index is 2.29. The van der Waals surface area contributed by atoms with Crippen LogP contribution in [0.25, 0.3) is 11.0 Å². The first-order valence-corrected chi connectivity index (χ1v) is 9.05. The lowest BCUT2D eigenvalue weighted by atomic mass is 9.82. The molecule has 12 heteroatoms. The highest BCUT2D eigenvalue weighted by Gasteiger charge is 2.36. The maximum atomic E-state index is 13.1. The molecule has 0 saturated heterocycles. The number of nitrogens with zero attached hydrogens (tertiary/aromatic N) is 2. The predicted octanol–water partition coefficient (Wildman–Crippen LogP) is 4.17. The van der Waals surface area contributed by atoms with Gasteiger partial charge in [-0.1, -0.05) is 32.9 Å². The highest BCUT2D eigenvalue weighted by molar-refractivity contribution is 5.77. The molecule has 1 aromatic carbocycles. The number of halogens is 6. The van der Waals surface area contributed by atoms with E-state index >= 15 is 0 Å². The van der Waals surface area contributed by atoms with E-state index in [1.165, 1.54) is 12.1 Å². The molecule has 0 bridgehead atoms. The minimum Gasteiger partial charge on any atom is -0.292 e. The van der Waals surface area contributed by atoms with Crippen molar-refractivity contribution in [2.45, 2.75) is 45.6 Å². The molecule has 0 aliphatic carbocycles. The number of hydrogen-bond acceptors (Lipinski definition) is 3. The van der Waals surface area contributed by atoms with Crippen LogP contribution in [-0.2, 0) is 12.6 Å². The summed E-state index contributed by atoms with van der Waals surface area (Å²) in [6.45, 7) is 5.12. The average molecular weight is 448 g/mol. The van der Waals surface area contributed by atoms with Gasteiger partial charge in [0.2, 0.25) is 0 Å². The summed E-state index contributed by atoms with van der Waals surface area (Å²) in [5, 5.41) is 3.54. The lowest BCUT2D eigenvalue weighted by molar-refractivity contribution is -0.137. The molecule has 0 radical (unpaired) electrons. The van der Waals surface area contributed by atoms with Crippen molar-refractivity contribution in [2.75, 3.05) is 0 Å². The number of nitrogens with one attached hydrogen (secondary N) is 2. The van der Waals surface area contributed by atoms with E-state index in [-0.39, 0.29) is 5.65 Å². The minimum absolute atomic E-state index is 0.243. The molecule has 3 rings (SSSR count). The van der Waals surface area contributed by atoms with Crippen molar-refractivity contribution < 1.29 is 26.3 Å². The summed E-state index contributed by atoms with van der Waals surface area (Å²) in [5.41, 5.74) is -4.18. The Kier molecular flexibility index (Phi) is 5.31. The van der Waals surface area contributed by atoms with Crippen molar-refractivity contribution in [3.63, 3.8) is 0 Å². The Labute approximate surface area is 170 Å². The third-order valence-electron chi connectivity index (χ3n) is 4.66. The zero-order valence-corrected chi connectivity index (χ0v) is 16.6. The molecule has 168 valence electrons. The zero-order valence-electron chi connectivity index (χ0n) is 16.6. The molecule has 0 saturated carbocycles. The smallest absolute Gasteiger partial charge is 0.292 e. The van der Waals surface area contributed by atoms with E-state index in [1.54, 1.807) is 20.8 Å². The van der Waals surface area contributed by atoms with E-state index in [2.05, 4.69) is 10.1 Å². The summed E-state index contributed by atoms with van der Waals surface area (Å²) >= 11 is 0. The van der Waals surface area contributed by atoms with Crippen molar-refractivity contribution in [2.24, 2.45) is 5.41 Å². The Morgan fingerprint density at radius 1 is 0.968 bits per heavy atom. The van der Waals surface area contributed by atoms with Crippen molar-refractivity contribution in [3.8, 4) is 0 Å². The topological polar surface area (TPSA) is 83.5 Å². The van der Waals surface area contributed by atoms with Crippen LogP contribution >= 0.6 is 0 Å². The molecule has 0 aliphatic heterocycles. The van der Waals surface area contributed by atoms with Crippen LogP contribution in [0.5, 0.6) is 0 Å². The molecule has 2 aromatic heterocycles. The second-order valence-electron chi connectivity index (χ2n) is 8.20. The quantitative estimate of drug-likeness (QED) is 0.590. The maximum Gasteiger partial charge on any atom is 0.416 e. The van der Waals surface area contributed by atoms with Crippen LogP contribution in [0.3, 0.4) is 0 Å². The maximum absolute atomic E-state index is 13.1. The number of benzene rings is 1. The highest BCUT2D eigenvalue weighted by Crippen LogP contribution is 2.39. The van der Waals surface area contributed by atoms with Gasteiger partial charge in [-0.15, -0.1) is 0 Å². The summed E-state index contributed by atoms with van der Waals surface area (Å²) in [6.07, 6.45) is -10.8. The molecule has 0 spiro atoms. The molecular formula is C19H18F6N4O2. The molecule has 6 nitrogen and oxygen atoms in total. The van der Waals surface area contributed by atoms with Crippen LogP contribution in [0.15, 0.2) is 33.9 Å². The van der Waals surface area contributed by atoms with Gasteiger partial charge >= 0.3 is 18.0 Å². The number of alkyl halides is 6. The van der Waals surface area contributed by atoms with Crippen molar-refractivity contribution in [1.82, 2.24) is 19.7 Å². The van der Waals surface area contributed by atoms with E-state index in [0.717, 1.165) is 16.8 Å². The highest BCUT2D eigenvalue weighted by atomic mass is 19.4. The van der Waals surface area contributed by atoms with Crippen LogP contribution in [0.4, 0.5) is 26.3 Å². The number of aromatic amines is 2. The van der Waals surface area contributed by atoms with Crippen LogP contribution in [0.2, 0.25) is 0 Å². The molecule has 2 heterocycles. The number of hydrogen-bond donors (Lipinski definition) is 2. The SMILES string of the molecule is CC(C)(C)[C@H](c1ccc(C(F)(F)F)cc1)n1nc(CC(F)(F)F)c2c(=O)[nH]c(=O)[nH]c21. The molecular weight excluding hydrogens is 430 g/mol. The fraction of sp³-hybridized carbons (Fsp3) is 0.421. The van der Waals surface area contributed by atoms with Gasteiger partial charge in [0.05, 0.1) is 23.7 Å². The standard InChI is InChI=1S/C19H18F6N4O2/c1-17(2,3)13(9-4-6-10(7-5-9)19(23,24)25)29-14-12(15(30)27-16(31)26-14)11(28-29)8-18(20,21)22/h4-7,13H,8H2,1-3H3,(H2,26,27,30,31)/t13-/m0/s1. The zero-order chi connectivity index (χ0) is 23.4. The summed E-state index contributed by atoms with van der Waals surface area (Å²) in [4.78, 5) is 28.3. The van der Waals surface area contributed by atoms with E-state index in [1.807, 2.05) is 4.98 Å². The van der Waals surface area contributed by atoms with Crippen LogP contribution in [0, 0.1) is 5.41 Å². The monoisotopic (exact) mass is 448 g/mol. The second kappa shape index (κ2) is 7.27. The summed E-state index contributed by atoms with van der Waals surface area (Å²) < 4.78 is 79.1. The summed E-state index contributed by atoms with van der Waals surface area (Å²) in [6, 6.07) is 3.21. The third-order valence-corrected chi connectivity index (χ3v) is 4.66. The first-order chi connectivity index (χ1) is 14.1. The molecule has 0 amide bonds. The number of fused-ring (bicyclic) bond motifs is 1. The van der Waals surface area contributed by atoms with Crippen LogP contribution in [-0.4, -0.2) is 25.9 Å². The first-order valence-electron chi connectivity index (χ1n) is 9.05. The van der Waals surface area contributed by atoms with Gasteiger partial charge < -0.3 is 0 Å². The fourth-order valence-electron chi connectivity index (χ4n) is 3.51. The Morgan fingerprint density at radius 3 is 2.03 bits per heavy atom.